The van der Waals surface area contributed by atoms with Gasteiger partial charge in [-0.05, 0) is 0 Å². The molecule has 1 saturated carbocycles. The summed E-state index contributed by atoms with van der Waals surface area (Å²) in [5.41, 5.74) is 0. The zero-order valence-electron chi connectivity index (χ0n) is 7.64. The lowest BCUT2D eigenvalue weighted by Gasteiger charge is -2.17. The van der Waals surface area contributed by atoms with Crippen molar-refractivity contribution in [1.29, 1.82) is 0 Å². The van der Waals surface area contributed by atoms with Gasteiger partial charge in [-0.25, -0.2) is 0 Å². The topological polar surface area (TPSA) is 9.23 Å². The molecule has 0 saturated heterocycles. The van der Waals surface area contributed by atoms with E-state index in [2.05, 4.69) is 0 Å². The van der Waals surface area contributed by atoms with Crippen LogP contribution in [-0.4, -0.2) is 32.2 Å². The zero-order valence-corrected chi connectivity index (χ0v) is 11.1. The van der Waals surface area contributed by atoms with Gasteiger partial charge in [0.05, 0.1) is 0 Å². The molecule has 1 fully saturated rings. The highest BCUT2D eigenvalue weighted by Gasteiger charge is 2.12. The van der Waals surface area contributed by atoms with Gasteiger partial charge in [-0.3, -0.25) is 0 Å². The van der Waals surface area contributed by atoms with E-state index >= 15 is 0 Å². The van der Waals surface area contributed by atoms with Gasteiger partial charge >= 0.3 is 32.2 Å². The van der Waals surface area contributed by atoms with E-state index in [-0.39, 0.29) is 15.6 Å². The van der Waals surface area contributed by atoms with Gasteiger partial charge in [0.25, 0.3) is 0 Å². The van der Waals surface area contributed by atoms with Crippen LogP contribution in [0.1, 0.15) is 44.9 Å². The molecule has 1 aliphatic carbocycles. The Balaban J connectivity index is 2.15. The molecule has 0 aromatic heterocycles. The molecule has 0 aromatic carbocycles. The molecule has 62 valence electrons. The molecule has 1 nitrogen and oxygen atoms in total. The van der Waals surface area contributed by atoms with Gasteiger partial charge in [0, 0.05) is 0 Å². The minimum atomic E-state index is -0.100. The van der Waals surface area contributed by atoms with Gasteiger partial charge in [0.15, 0.2) is 0 Å². The van der Waals surface area contributed by atoms with Gasteiger partial charge in [0.1, 0.15) is 0 Å². The van der Waals surface area contributed by atoms with E-state index in [1.54, 1.807) is 0 Å². The average molecular weight is 184 g/mol. The number of rotatable bonds is 2. The predicted octanol–water partition coefficient (Wildman–Crippen LogP) is 1.44. The summed E-state index contributed by atoms with van der Waals surface area (Å²) in [6.07, 6.45) is 10.3. The van der Waals surface area contributed by atoms with Crippen molar-refractivity contribution in [2.75, 3.05) is 0 Å². The summed E-state index contributed by atoms with van der Waals surface area (Å²) in [5, 5.41) is 0. The van der Waals surface area contributed by atoms with Crippen LogP contribution in [0.5, 0.6) is 0 Å². The maximum absolute atomic E-state index is 5.46. The molecule has 1 rings (SSSR count). The molecule has 0 heterocycles. The van der Waals surface area contributed by atoms with Gasteiger partial charge in [-0.1, -0.05) is 49.7 Å². The summed E-state index contributed by atoms with van der Waals surface area (Å²) < 4.78 is 6.49. The highest BCUT2D eigenvalue weighted by atomic mass is 27.2. The van der Waals surface area contributed by atoms with Crippen LogP contribution in [0.15, 0.2) is 0 Å². The van der Waals surface area contributed by atoms with Gasteiger partial charge in [-0.15, -0.1) is 0 Å². The zero-order chi connectivity index (χ0) is 7.94. The van der Waals surface area contributed by atoms with E-state index in [9.17, 15) is 0 Å². The molecule has 0 aliphatic heterocycles. The Bertz CT molecular complexity index is 90.1. The van der Waals surface area contributed by atoms with Crippen molar-refractivity contribution < 1.29 is 2.84 Å². The quantitative estimate of drug-likeness (QED) is 0.590. The van der Waals surface area contributed by atoms with E-state index in [4.69, 9.17) is 2.84 Å². The Labute approximate surface area is 84.7 Å². The lowest BCUT2D eigenvalue weighted by Crippen LogP contribution is -2.08. The molecule has 0 spiro atoms. The largest absolute Gasteiger partial charge is 0.644 e. The highest BCUT2D eigenvalue weighted by Crippen LogP contribution is 2.25. The third-order valence-corrected chi connectivity index (χ3v) is 5.25. The summed E-state index contributed by atoms with van der Waals surface area (Å²) in [4.78, 5) is 0. The van der Waals surface area contributed by atoms with Crippen LogP contribution in [0.2, 0.25) is 4.78 Å². The molecular weight excluding hydrogens is 166 g/mol. The van der Waals surface area contributed by atoms with Crippen molar-refractivity contribution in [3.05, 3.63) is 0 Å². The summed E-state index contributed by atoms with van der Waals surface area (Å²) in [5.74, 6) is 0. The summed E-state index contributed by atoms with van der Waals surface area (Å²) in [6.45, 7) is 0. The Morgan fingerprint density at radius 3 is 2.09 bits per heavy atom. The minimum absolute atomic E-state index is 0.100. The van der Waals surface area contributed by atoms with Gasteiger partial charge < -0.3 is 2.84 Å². The van der Waals surface area contributed by atoms with E-state index in [0.717, 1.165) is 21.4 Å². The van der Waals surface area contributed by atoms with Crippen LogP contribution in [-0.2, 0) is 2.84 Å². The van der Waals surface area contributed by atoms with E-state index in [1.165, 1.54) is 44.9 Å². The molecule has 0 amide bonds. The second-order valence-electron chi connectivity index (χ2n) is 3.67. The molecular formula is C8H18Al2O. The van der Waals surface area contributed by atoms with Crippen LogP contribution in [0.4, 0.5) is 0 Å². The molecule has 0 N–H and O–H groups in total. The van der Waals surface area contributed by atoms with Crippen molar-refractivity contribution in [3.8, 4) is 0 Å². The maximum Gasteiger partial charge on any atom is 0.408 e. The molecule has 0 unspecified atom stereocenters. The highest BCUT2D eigenvalue weighted by molar-refractivity contribution is 6.36. The molecule has 0 aromatic rings. The molecule has 0 atom stereocenters. The Morgan fingerprint density at radius 1 is 1.00 bits per heavy atom. The standard InChI is InChI=1S/C8H15.2Al.O.3H/c1-2-4-6-8-7-5-3-1;;;;;;/h1H,2-8H2;;;;;;. The average Bonchev–Trinajstić information content (AvgIpc) is 1.94. The van der Waals surface area contributed by atoms with Crippen molar-refractivity contribution >= 4 is 32.2 Å². The Morgan fingerprint density at radius 2 is 1.55 bits per heavy atom. The van der Waals surface area contributed by atoms with Crippen molar-refractivity contribution in [1.82, 2.24) is 0 Å². The minimum Gasteiger partial charge on any atom is -0.644 e. The van der Waals surface area contributed by atoms with Crippen LogP contribution in [0, 0.1) is 0 Å². The first-order valence-electron chi connectivity index (χ1n) is 4.92. The molecule has 3 heteroatoms. The van der Waals surface area contributed by atoms with Crippen LogP contribution < -0.4 is 0 Å². The van der Waals surface area contributed by atoms with Gasteiger partial charge in [-0.2, -0.15) is 0 Å². The van der Waals surface area contributed by atoms with Crippen molar-refractivity contribution in [3.63, 3.8) is 0 Å². The number of hydrogen-bond donors (Lipinski definition) is 0. The maximum atomic E-state index is 5.46. The first-order chi connectivity index (χ1) is 5.43. The normalized spacial score (nSPS) is 22.2. The predicted molar refractivity (Wildman–Crippen MR) is 52.8 cm³/mol. The second-order valence-corrected chi connectivity index (χ2v) is 7.46. The van der Waals surface area contributed by atoms with Crippen LogP contribution in [0.3, 0.4) is 0 Å². The first kappa shape index (κ1) is 10.1. The Hall–Kier alpha value is 1.02. The molecule has 1 aliphatic rings. The SMILES string of the molecule is [AlH2][O][AlH][CH]1CCCCCCC1. The summed E-state index contributed by atoms with van der Waals surface area (Å²) >= 11 is 0.882. The van der Waals surface area contributed by atoms with Crippen LogP contribution >= 0.6 is 0 Å². The number of hydrogen-bond acceptors (Lipinski definition) is 1. The first-order valence-corrected chi connectivity index (χ1v) is 7.13. The molecule has 0 radical (unpaired) electrons. The van der Waals surface area contributed by atoms with Crippen LogP contribution in [0.25, 0.3) is 0 Å². The summed E-state index contributed by atoms with van der Waals surface area (Å²) in [7, 11) is 0. The fraction of sp³-hybridized carbons (Fsp3) is 1.00. The molecule has 11 heavy (non-hydrogen) atoms. The fourth-order valence-corrected chi connectivity index (χ4v) is 4.74. The smallest absolute Gasteiger partial charge is 0.408 e. The molecule has 0 bridgehead atoms. The fourth-order valence-electron chi connectivity index (χ4n) is 1.94. The lowest BCUT2D eigenvalue weighted by atomic mass is 10.0. The Kier molecular flexibility index (Phi) is 6.00. The van der Waals surface area contributed by atoms with E-state index in [0.29, 0.717) is 0 Å². The van der Waals surface area contributed by atoms with E-state index in [1.807, 2.05) is 0 Å². The summed E-state index contributed by atoms with van der Waals surface area (Å²) in [6, 6.07) is 0. The monoisotopic (exact) mass is 184 g/mol. The van der Waals surface area contributed by atoms with E-state index < -0.39 is 0 Å². The van der Waals surface area contributed by atoms with Gasteiger partial charge in [0.2, 0.25) is 0 Å². The second kappa shape index (κ2) is 6.53. The van der Waals surface area contributed by atoms with Crippen molar-refractivity contribution in [2.24, 2.45) is 0 Å². The third-order valence-electron chi connectivity index (χ3n) is 2.63. The van der Waals surface area contributed by atoms with Crippen molar-refractivity contribution in [2.45, 2.75) is 49.7 Å². The lowest BCUT2D eigenvalue weighted by molar-refractivity contribution is 0.482. The third kappa shape index (κ3) is 4.57.